The summed E-state index contributed by atoms with van der Waals surface area (Å²) >= 11 is 1.47. The number of hydrogen-bond acceptors (Lipinski definition) is 4. The van der Waals surface area contributed by atoms with Crippen LogP contribution in [0.3, 0.4) is 0 Å². The summed E-state index contributed by atoms with van der Waals surface area (Å²) in [4.78, 5) is 17.8. The molecular weight excluding hydrogens is 222 g/mol. The topological polar surface area (TPSA) is 59.2 Å². The first-order valence-corrected chi connectivity index (χ1v) is 6.36. The largest absolute Gasteiger partial charge is 0.397 e. The smallest absolute Gasteiger partial charge is 0.232 e. The van der Waals surface area contributed by atoms with Crippen LogP contribution in [0.5, 0.6) is 0 Å². The van der Waals surface area contributed by atoms with E-state index in [9.17, 15) is 4.79 Å². The fourth-order valence-corrected chi connectivity index (χ4v) is 2.42. The first-order valence-electron chi connectivity index (χ1n) is 5.38. The van der Waals surface area contributed by atoms with Gasteiger partial charge in [0, 0.05) is 13.1 Å². The van der Waals surface area contributed by atoms with E-state index in [4.69, 9.17) is 5.73 Å². The summed E-state index contributed by atoms with van der Waals surface area (Å²) in [6, 6.07) is 3.65. The van der Waals surface area contributed by atoms with E-state index in [0.29, 0.717) is 11.4 Å². The first kappa shape index (κ1) is 11.3. The fraction of sp³-hybridized carbons (Fsp3) is 0.455. The molecule has 1 aliphatic heterocycles. The zero-order chi connectivity index (χ0) is 11.4. The lowest BCUT2D eigenvalue weighted by molar-refractivity contribution is -0.127. The molecule has 86 valence electrons. The van der Waals surface area contributed by atoms with Gasteiger partial charge in [-0.3, -0.25) is 4.79 Å². The molecule has 2 heterocycles. The highest BCUT2D eigenvalue weighted by Gasteiger charge is 2.17. The first-order chi connectivity index (χ1) is 7.75. The monoisotopic (exact) mass is 237 g/mol. The minimum atomic E-state index is 0.209. The Hall–Kier alpha value is -1.23. The molecule has 1 aromatic heterocycles. The maximum atomic E-state index is 11.7. The van der Waals surface area contributed by atoms with Crippen molar-refractivity contribution in [1.82, 2.24) is 9.88 Å². The van der Waals surface area contributed by atoms with Gasteiger partial charge in [-0.2, -0.15) is 0 Å². The van der Waals surface area contributed by atoms with Crippen LogP contribution in [0.1, 0.15) is 12.8 Å². The summed E-state index contributed by atoms with van der Waals surface area (Å²) in [6.45, 7) is 1.82. The van der Waals surface area contributed by atoms with Crippen LogP contribution in [0.15, 0.2) is 23.4 Å². The molecule has 1 aliphatic rings. The Bertz CT molecular complexity index is 360. The van der Waals surface area contributed by atoms with Crippen molar-refractivity contribution in [3.8, 4) is 0 Å². The summed E-state index contributed by atoms with van der Waals surface area (Å²) < 4.78 is 0. The summed E-state index contributed by atoms with van der Waals surface area (Å²) in [5, 5.41) is 0.849. The minimum Gasteiger partial charge on any atom is -0.397 e. The quantitative estimate of drug-likeness (QED) is 0.807. The third kappa shape index (κ3) is 2.88. The molecule has 2 rings (SSSR count). The van der Waals surface area contributed by atoms with Gasteiger partial charge < -0.3 is 10.6 Å². The summed E-state index contributed by atoms with van der Waals surface area (Å²) in [5.41, 5.74) is 6.18. The molecule has 4 nitrogen and oxygen atoms in total. The van der Waals surface area contributed by atoms with E-state index in [1.165, 1.54) is 11.8 Å². The molecule has 2 N–H and O–H groups in total. The van der Waals surface area contributed by atoms with Crippen LogP contribution in [0.2, 0.25) is 0 Å². The van der Waals surface area contributed by atoms with Crippen LogP contribution in [-0.4, -0.2) is 34.6 Å². The molecule has 0 atom stereocenters. The Morgan fingerprint density at radius 1 is 1.44 bits per heavy atom. The van der Waals surface area contributed by atoms with Crippen molar-refractivity contribution in [2.45, 2.75) is 17.9 Å². The van der Waals surface area contributed by atoms with E-state index in [0.717, 1.165) is 31.0 Å². The minimum absolute atomic E-state index is 0.209. The molecule has 0 radical (unpaired) electrons. The van der Waals surface area contributed by atoms with Gasteiger partial charge in [0.15, 0.2) is 0 Å². The Kier molecular flexibility index (Phi) is 3.66. The average Bonchev–Trinajstić information content (AvgIpc) is 2.81. The van der Waals surface area contributed by atoms with Crippen LogP contribution in [0.4, 0.5) is 5.69 Å². The highest BCUT2D eigenvalue weighted by molar-refractivity contribution is 7.99. The molecule has 16 heavy (non-hydrogen) atoms. The van der Waals surface area contributed by atoms with E-state index < -0.39 is 0 Å². The Balaban J connectivity index is 1.82. The SMILES string of the molecule is Nc1ccc(SCC(=O)N2CCCC2)nc1. The third-order valence-corrected chi connectivity index (χ3v) is 3.49. The molecule has 0 aliphatic carbocycles. The number of amides is 1. The van der Waals surface area contributed by atoms with Crippen molar-refractivity contribution in [2.75, 3.05) is 24.6 Å². The molecule has 0 bridgehead atoms. The molecule has 1 fully saturated rings. The van der Waals surface area contributed by atoms with Gasteiger partial charge in [0.05, 0.1) is 22.7 Å². The van der Waals surface area contributed by atoms with Crippen LogP contribution in [-0.2, 0) is 4.79 Å². The molecular formula is C11H15N3OS. The van der Waals surface area contributed by atoms with Crippen molar-refractivity contribution >= 4 is 23.4 Å². The second-order valence-electron chi connectivity index (χ2n) is 3.81. The number of rotatable bonds is 3. The number of anilines is 1. The second kappa shape index (κ2) is 5.21. The number of pyridine rings is 1. The van der Waals surface area contributed by atoms with E-state index >= 15 is 0 Å². The number of likely N-dealkylation sites (tertiary alicyclic amines) is 1. The molecule has 1 amide bonds. The molecule has 5 heteroatoms. The number of hydrogen-bond donors (Lipinski definition) is 1. The van der Waals surface area contributed by atoms with Gasteiger partial charge in [-0.1, -0.05) is 11.8 Å². The lowest BCUT2D eigenvalue weighted by Gasteiger charge is -2.14. The maximum absolute atomic E-state index is 11.7. The molecule has 1 saturated heterocycles. The van der Waals surface area contributed by atoms with Gasteiger partial charge in [0.1, 0.15) is 0 Å². The summed E-state index contributed by atoms with van der Waals surface area (Å²) in [6.07, 6.45) is 3.88. The number of thioether (sulfide) groups is 1. The highest BCUT2D eigenvalue weighted by atomic mass is 32.2. The Morgan fingerprint density at radius 3 is 2.81 bits per heavy atom. The predicted octanol–water partition coefficient (Wildman–Crippen LogP) is 1.38. The maximum Gasteiger partial charge on any atom is 0.232 e. The van der Waals surface area contributed by atoms with Crippen molar-refractivity contribution in [3.63, 3.8) is 0 Å². The summed E-state index contributed by atoms with van der Waals surface area (Å²) in [7, 11) is 0. The van der Waals surface area contributed by atoms with Gasteiger partial charge in [-0.25, -0.2) is 4.98 Å². The van der Waals surface area contributed by atoms with E-state index in [-0.39, 0.29) is 5.91 Å². The van der Waals surface area contributed by atoms with Crippen molar-refractivity contribution < 1.29 is 4.79 Å². The number of nitrogens with zero attached hydrogens (tertiary/aromatic N) is 2. The Morgan fingerprint density at radius 2 is 2.19 bits per heavy atom. The standard InChI is InChI=1S/C11H15N3OS/c12-9-3-4-10(13-7-9)16-8-11(15)14-5-1-2-6-14/h3-4,7H,1-2,5-6,8,12H2. The van der Waals surface area contributed by atoms with Gasteiger partial charge in [0.25, 0.3) is 0 Å². The van der Waals surface area contributed by atoms with Gasteiger partial charge in [-0.05, 0) is 25.0 Å². The zero-order valence-corrected chi connectivity index (χ0v) is 9.87. The van der Waals surface area contributed by atoms with Crippen LogP contribution in [0.25, 0.3) is 0 Å². The van der Waals surface area contributed by atoms with Gasteiger partial charge in [0.2, 0.25) is 5.91 Å². The van der Waals surface area contributed by atoms with Crippen molar-refractivity contribution in [3.05, 3.63) is 18.3 Å². The lowest BCUT2D eigenvalue weighted by atomic mass is 10.4. The third-order valence-electron chi connectivity index (χ3n) is 2.56. The molecule has 0 aromatic carbocycles. The Labute approximate surface area is 99.2 Å². The number of carbonyl (C=O) groups excluding carboxylic acids is 1. The number of nitrogen functional groups attached to an aromatic ring is 1. The van der Waals surface area contributed by atoms with Crippen LogP contribution in [0, 0.1) is 0 Å². The van der Waals surface area contributed by atoms with Crippen LogP contribution >= 0.6 is 11.8 Å². The van der Waals surface area contributed by atoms with Gasteiger partial charge in [-0.15, -0.1) is 0 Å². The molecule has 0 unspecified atom stereocenters. The summed E-state index contributed by atoms with van der Waals surface area (Å²) in [5.74, 6) is 0.679. The highest BCUT2D eigenvalue weighted by Crippen LogP contribution is 2.17. The van der Waals surface area contributed by atoms with Crippen molar-refractivity contribution in [2.24, 2.45) is 0 Å². The van der Waals surface area contributed by atoms with Crippen molar-refractivity contribution in [1.29, 1.82) is 0 Å². The predicted molar refractivity (Wildman–Crippen MR) is 65.2 cm³/mol. The molecule has 0 spiro atoms. The number of nitrogens with two attached hydrogens (primary N) is 1. The van der Waals surface area contributed by atoms with E-state index in [1.807, 2.05) is 11.0 Å². The number of aromatic nitrogens is 1. The zero-order valence-electron chi connectivity index (χ0n) is 9.06. The second-order valence-corrected chi connectivity index (χ2v) is 4.80. The average molecular weight is 237 g/mol. The van der Waals surface area contributed by atoms with Crippen LogP contribution < -0.4 is 5.73 Å². The van der Waals surface area contributed by atoms with E-state index in [1.54, 1.807) is 12.3 Å². The molecule has 0 saturated carbocycles. The van der Waals surface area contributed by atoms with Gasteiger partial charge >= 0.3 is 0 Å². The molecule has 1 aromatic rings. The normalized spacial score (nSPS) is 15.4. The number of carbonyl (C=O) groups is 1. The lowest BCUT2D eigenvalue weighted by Crippen LogP contribution is -2.29. The van der Waals surface area contributed by atoms with E-state index in [2.05, 4.69) is 4.98 Å². The fourth-order valence-electron chi connectivity index (χ4n) is 1.67.